The molecule has 188 valence electrons. The summed E-state index contributed by atoms with van der Waals surface area (Å²) in [4.78, 5) is 10.5. The van der Waals surface area contributed by atoms with Crippen LogP contribution in [0.4, 0.5) is 19.0 Å². The van der Waals surface area contributed by atoms with Crippen molar-refractivity contribution in [3.05, 3.63) is 108 Å². The fourth-order valence-corrected chi connectivity index (χ4v) is 5.10. The first-order valence-corrected chi connectivity index (χ1v) is 12.6. The molecule has 0 unspecified atom stereocenters. The monoisotopic (exact) mass is 528 g/mol. The SMILES string of the molecule is FC(F)(F)c1ccc(-c2cc(CNc3nc(-c4ccccc4)nc4scc(-c5ccccc5)c34)on2)cc1. The third-order valence-corrected chi connectivity index (χ3v) is 6.92. The largest absolute Gasteiger partial charge is 0.416 e. The van der Waals surface area contributed by atoms with Crippen molar-refractivity contribution >= 4 is 27.4 Å². The highest BCUT2D eigenvalue weighted by Gasteiger charge is 2.30. The standard InChI is InChI=1S/C29H19F3N4OS/c30-29(31,32)21-13-11-19(12-14-21)24-15-22(37-36-24)16-33-27-25-23(18-7-3-1-4-8-18)17-38-28(25)35-26(34-27)20-9-5-2-6-10-20/h1-15,17H,16H2,(H,33,34,35). The minimum absolute atomic E-state index is 0.276. The second kappa shape index (κ2) is 9.75. The van der Waals surface area contributed by atoms with E-state index in [0.29, 0.717) is 28.7 Å². The van der Waals surface area contributed by atoms with Gasteiger partial charge in [0, 0.05) is 28.1 Å². The highest BCUT2D eigenvalue weighted by atomic mass is 32.1. The van der Waals surface area contributed by atoms with E-state index in [-0.39, 0.29) is 6.54 Å². The molecular formula is C29H19F3N4OS. The van der Waals surface area contributed by atoms with Gasteiger partial charge < -0.3 is 9.84 Å². The Balaban J connectivity index is 1.33. The van der Waals surface area contributed by atoms with E-state index in [2.05, 4.69) is 15.9 Å². The summed E-state index contributed by atoms with van der Waals surface area (Å²) >= 11 is 1.55. The molecule has 0 radical (unpaired) electrons. The van der Waals surface area contributed by atoms with Crippen LogP contribution < -0.4 is 5.32 Å². The van der Waals surface area contributed by atoms with Crippen LogP contribution in [0.3, 0.4) is 0 Å². The normalized spacial score (nSPS) is 11.7. The Kier molecular flexibility index (Phi) is 6.13. The number of halogens is 3. The van der Waals surface area contributed by atoms with Crippen LogP contribution >= 0.6 is 11.3 Å². The summed E-state index contributed by atoms with van der Waals surface area (Å²) in [6, 6.07) is 26.3. The van der Waals surface area contributed by atoms with E-state index in [9.17, 15) is 13.2 Å². The fraction of sp³-hybridized carbons (Fsp3) is 0.0690. The molecule has 0 fully saturated rings. The van der Waals surface area contributed by atoms with Crippen LogP contribution in [0.1, 0.15) is 11.3 Å². The zero-order valence-corrected chi connectivity index (χ0v) is 20.6. The number of nitrogens with one attached hydrogen (secondary N) is 1. The number of thiophene rings is 1. The summed E-state index contributed by atoms with van der Waals surface area (Å²) in [6.45, 7) is 0.276. The van der Waals surface area contributed by atoms with Gasteiger partial charge in [-0.25, -0.2) is 9.97 Å². The second-order valence-electron chi connectivity index (χ2n) is 8.56. The van der Waals surface area contributed by atoms with E-state index >= 15 is 0 Å². The predicted octanol–water partition coefficient (Wildman–Crippen LogP) is 8.31. The van der Waals surface area contributed by atoms with Crippen molar-refractivity contribution in [2.45, 2.75) is 12.7 Å². The smallest absolute Gasteiger partial charge is 0.362 e. The molecule has 3 heterocycles. The van der Waals surface area contributed by atoms with Crippen LogP contribution in [0.15, 0.2) is 101 Å². The lowest BCUT2D eigenvalue weighted by Crippen LogP contribution is -2.04. The van der Waals surface area contributed by atoms with E-state index in [1.807, 2.05) is 60.7 Å². The molecule has 0 amide bonds. The lowest BCUT2D eigenvalue weighted by Gasteiger charge is -2.10. The Morgan fingerprint density at radius 2 is 1.47 bits per heavy atom. The van der Waals surface area contributed by atoms with E-state index < -0.39 is 11.7 Å². The van der Waals surface area contributed by atoms with Gasteiger partial charge in [0.05, 0.1) is 17.5 Å². The van der Waals surface area contributed by atoms with Crippen LogP contribution in [0.2, 0.25) is 0 Å². The molecule has 6 rings (SSSR count). The maximum Gasteiger partial charge on any atom is 0.416 e. The number of hydrogen-bond donors (Lipinski definition) is 1. The van der Waals surface area contributed by atoms with E-state index in [0.717, 1.165) is 39.0 Å². The second-order valence-corrected chi connectivity index (χ2v) is 9.42. The van der Waals surface area contributed by atoms with Gasteiger partial charge in [0.1, 0.15) is 16.3 Å². The van der Waals surface area contributed by atoms with Crippen molar-refractivity contribution in [1.29, 1.82) is 0 Å². The summed E-state index contributed by atoms with van der Waals surface area (Å²) < 4.78 is 44.2. The zero-order valence-electron chi connectivity index (χ0n) is 19.7. The van der Waals surface area contributed by atoms with Gasteiger partial charge >= 0.3 is 6.18 Å². The molecule has 0 atom stereocenters. The number of rotatable bonds is 6. The van der Waals surface area contributed by atoms with Crippen LogP contribution in [-0.2, 0) is 12.7 Å². The zero-order chi connectivity index (χ0) is 26.1. The Labute approximate surface area is 219 Å². The average Bonchev–Trinajstić information content (AvgIpc) is 3.60. The Bertz CT molecular complexity index is 1700. The molecular weight excluding hydrogens is 509 g/mol. The van der Waals surface area contributed by atoms with E-state index in [1.54, 1.807) is 17.4 Å². The number of benzene rings is 3. The van der Waals surface area contributed by atoms with Crippen molar-refractivity contribution in [3.8, 4) is 33.8 Å². The minimum Gasteiger partial charge on any atom is -0.362 e. The molecule has 0 saturated heterocycles. The average molecular weight is 529 g/mol. The third-order valence-electron chi connectivity index (χ3n) is 6.05. The summed E-state index contributed by atoms with van der Waals surface area (Å²) in [7, 11) is 0. The van der Waals surface area contributed by atoms with Gasteiger partial charge in [-0.05, 0) is 17.7 Å². The number of hydrogen-bond acceptors (Lipinski definition) is 6. The van der Waals surface area contributed by atoms with Gasteiger partial charge in [0.25, 0.3) is 0 Å². The molecule has 9 heteroatoms. The highest BCUT2D eigenvalue weighted by molar-refractivity contribution is 7.17. The molecule has 38 heavy (non-hydrogen) atoms. The molecule has 0 aliphatic carbocycles. The van der Waals surface area contributed by atoms with Crippen LogP contribution in [0.25, 0.3) is 44.0 Å². The summed E-state index contributed by atoms with van der Waals surface area (Å²) in [5, 5.41) is 10.4. The summed E-state index contributed by atoms with van der Waals surface area (Å²) in [6.07, 6.45) is -4.39. The lowest BCUT2D eigenvalue weighted by atomic mass is 10.1. The minimum atomic E-state index is -4.39. The van der Waals surface area contributed by atoms with Crippen molar-refractivity contribution < 1.29 is 17.7 Å². The number of anilines is 1. The molecule has 3 aromatic heterocycles. The number of fused-ring (bicyclic) bond motifs is 1. The van der Waals surface area contributed by atoms with Crippen molar-refractivity contribution in [2.24, 2.45) is 0 Å². The van der Waals surface area contributed by atoms with Gasteiger partial charge in [-0.1, -0.05) is 78.0 Å². The number of alkyl halides is 3. The fourth-order valence-electron chi connectivity index (χ4n) is 4.15. The summed E-state index contributed by atoms with van der Waals surface area (Å²) in [5.74, 6) is 1.77. The van der Waals surface area contributed by atoms with Gasteiger partial charge in [-0.3, -0.25) is 0 Å². The van der Waals surface area contributed by atoms with Gasteiger partial charge in [0.2, 0.25) is 0 Å². The van der Waals surface area contributed by atoms with Crippen molar-refractivity contribution in [3.63, 3.8) is 0 Å². The molecule has 6 aromatic rings. The maximum absolute atomic E-state index is 12.9. The van der Waals surface area contributed by atoms with Crippen LogP contribution in [0.5, 0.6) is 0 Å². The molecule has 3 aromatic carbocycles. The molecule has 0 spiro atoms. The molecule has 0 saturated carbocycles. The molecule has 0 bridgehead atoms. The van der Waals surface area contributed by atoms with Gasteiger partial charge in [0.15, 0.2) is 11.6 Å². The van der Waals surface area contributed by atoms with E-state index in [4.69, 9.17) is 14.5 Å². The highest BCUT2D eigenvalue weighted by Crippen LogP contribution is 2.38. The van der Waals surface area contributed by atoms with Crippen LogP contribution in [0, 0.1) is 0 Å². The Morgan fingerprint density at radius 3 is 2.16 bits per heavy atom. The third kappa shape index (κ3) is 4.76. The number of aromatic nitrogens is 3. The Hall–Kier alpha value is -4.50. The first-order valence-electron chi connectivity index (χ1n) is 11.7. The Morgan fingerprint density at radius 1 is 0.789 bits per heavy atom. The van der Waals surface area contributed by atoms with Crippen molar-refractivity contribution in [1.82, 2.24) is 15.1 Å². The quantitative estimate of drug-likeness (QED) is 0.236. The summed E-state index contributed by atoms with van der Waals surface area (Å²) in [5.41, 5.74) is 3.26. The molecule has 0 aliphatic heterocycles. The number of nitrogens with zero attached hydrogens (tertiary/aromatic N) is 3. The maximum atomic E-state index is 12.9. The van der Waals surface area contributed by atoms with Crippen LogP contribution in [-0.4, -0.2) is 15.1 Å². The molecule has 1 N–H and O–H groups in total. The van der Waals surface area contributed by atoms with E-state index in [1.165, 1.54) is 12.1 Å². The van der Waals surface area contributed by atoms with Crippen molar-refractivity contribution in [2.75, 3.05) is 5.32 Å². The van der Waals surface area contributed by atoms with Gasteiger partial charge in [-0.2, -0.15) is 13.2 Å². The predicted molar refractivity (Wildman–Crippen MR) is 143 cm³/mol. The van der Waals surface area contributed by atoms with Gasteiger partial charge in [-0.15, -0.1) is 11.3 Å². The lowest BCUT2D eigenvalue weighted by molar-refractivity contribution is -0.137. The molecule has 5 nitrogen and oxygen atoms in total. The topological polar surface area (TPSA) is 63.8 Å². The first kappa shape index (κ1) is 23.9. The first-order chi connectivity index (χ1) is 18.5. The molecule has 0 aliphatic rings.